The first kappa shape index (κ1) is 17.4. The van der Waals surface area contributed by atoms with Crippen LogP contribution in [0.2, 0.25) is 0 Å². The number of thiophene rings is 1. The average Bonchev–Trinajstić information content (AvgIpc) is 3.11. The molecule has 0 saturated carbocycles. The van der Waals surface area contributed by atoms with Crippen molar-refractivity contribution in [1.82, 2.24) is 9.21 Å². The Balaban J connectivity index is 1.46. The summed E-state index contributed by atoms with van der Waals surface area (Å²) in [5, 5.41) is 1.80. The highest BCUT2D eigenvalue weighted by Gasteiger charge is 2.28. The minimum absolute atomic E-state index is 0.429. The van der Waals surface area contributed by atoms with Crippen LogP contribution in [0, 0.1) is 6.92 Å². The predicted molar refractivity (Wildman–Crippen MR) is 96.2 cm³/mol. The van der Waals surface area contributed by atoms with Gasteiger partial charge in [0.05, 0.1) is 0 Å². The molecule has 1 aliphatic heterocycles. The number of piperazine rings is 1. The summed E-state index contributed by atoms with van der Waals surface area (Å²) in [7, 11) is -3.32. The van der Waals surface area contributed by atoms with Crippen LogP contribution in [0.3, 0.4) is 0 Å². The van der Waals surface area contributed by atoms with Gasteiger partial charge in [0.2, 0.25) is 0 Å². The van der Waals surface area contributed by atoms with Gasteiger partial charge in [0, 0.05) is 32.7 Å². The third-order valence-electron chi connectivity index (χ3n) is 4.09. The number of sulfonamides is 1. The Kier molecular flexibility index (Phi) is 5.55. The summed E-state index contributed by atoms with van der Waals surface area (Å²) in [4.78, 5) is 2.25. The SMILES string of the molecule is Cc1cccc(OCCN2CCN(S(=O)(=O)c3cccs3)CC2)c1. The highest BCUT2D eigenvalue weighted by Crippen LogP contribution is 2.22. The molecule has 130 valence electrons. The van der Waals surface area contributed by atoms with E-state index in [-0.39, 0.29) is 0 Å². The Bertz CT molecular complexity index is 752. The largest absolute Gasteiger partial charge is 0.492 e. The summed E-state index contributed by atoms with van der Waals surface area (Å²) in [5.41, 5.74) is 1.18. The van der Waals surface area contributed by atoms with Gasteiger partial charge in [-0.1, -0.05) is 18.2 Å². The molecule has 0 aliphatic carbocycles. The summed E-state index contributed by atoms with van der Waals surface area (Å²) in [6, 6.07) is 11.4. The summed E-state index contributed by atoms with van der Waals surface area (Å²) in [5.74, 6) is 0.883. The maximum Gasteiger partial charge on any atom is 0.252 e. The van der Waals surface area contributed by atoms with Crippen molar-refractivity contribution in [3.8, 4) is 5.75 Å². The van der Waals surface area contributed by atoms with E-state index in [1.165, 1.54) is 16.9 Å². The fourth-order valence-electron chi connectivity index (χ4n) is 2.73. The second-order valence-electron chi connectivity index (χ2n) is 5.84. The molecule has 3 rings (SSSR count). The lowest BCUT2D eigenvalue weighted by Gasteiger charge is -2.33. The minimum Gasteiger partial charge on any atom is -0.492 e. The zero-order valence-electron chi connectivity index (χ0n) is 13.7. The zero-order valence-corrected chi connectivity index (χ0v) is 15.4. The molecule has 5 nitrogen and oxygen atoms in total. The van der Waals surface area contributed by atoms with Gasteiger partial charge in [-0.15, -0.1) is 11.3 Å². The molecule has 2 aromatic rings. The van der Waals surface area contributed by atoms with Crippen LogP contribution < -0.4 is 4.74 Å². The van der Waals surface area contributed by atoms with Gasteiger partial charge in [-0.05, 0) is 36.1 Å². The van der Waals surface area contributed by atoms with Crippen molar-refractivity contribution < 1.29 is 13.2 Å². The lowest BCUT2D eigenvalue weighted by atomic mass is 10.2. The molecule has 0 radical (unpaired) electrons. The van der Waals surface area contributed by atoms with Gasteiger partial charge in [0.1, 0.15) is 16.6 Å². The molecule has 7 heteroatoms. The standard InChI is InChI=1S/C17H22N2O3S2/c1-15-4-2-5-16(14-15)22-12-11-18-7-9-19(10-8-18)24(20,21)17-6-3-13-23-17/h2-6,13-14H,7-12H2,1H3. The zero-order chi connectivity index (χ0) is 17.0. The van der Waals surface area contributed by atoms with Crippen LogP contribution in [0.1, 0.15) is 5.56 Å². The van der Waals surface area contributed by atoms with Gasteiger partial charge in [-0.3, -0.25) is 4.90 Å². The number of aryl methyl sites for hydroxylation is 1. The predicted octanol–water partition coefficient (Wildman–Crippen LogP) is 2.44. The first-order chi connectivity index (χ1) is 11.6. The molecule has 0 N–H and O–H groups in total. The Morgan fingerprint density at radius 2 is 1.92 bits per heavy atom. The van der Waals surface area contributed by atoms with Crippen LogP contribution in [0.25, 0.3) is 0 Å². The fraction of sp³-hybridized carbons (Fsp3) is 0.412. The molecular formula is C17H22N2O3S2. The molecule has 1 aromatic heterocycles. The summed E-state index contributed by atoms with van der Waals surface area (Å²) < 4.78 is 32.7. The monoisotopic (exact) mass is 366 g/mol. The van der Waals surface area contributed by atoms with Gasteiger partial charge < -0.3 is 4.74 Å². The van der Waals surface area contributed by atoms with Crippen molar-refractivity contribution >= 4 is 21.4 Å². The molecule has 2 heterocycles. The van der Waals surface area contributed by atoms with E-state index in [2.05, 4.69) is 4.90 Å². The first-order valence-electron chi connectivity index (χ1n) is 8.01. The van der Waals surface area contributed by atoms with Crippen LogP contribution in [-0.4, -0.2) is 57.0 Å². The Hall–Kier alpha value is -1.41. The molecule has 1 saturated heterocycles. The third kappa shape index (κ3) is 4.16. The van der Waals surface area contributed by atoms with Crippen molar-refractivity contribution in [2.45, 2.75) is 11.1 Å². The van der Waals surface area contributed by atoms with Crippen LogP contribution >= 0.6 is 11.3 Å². The van der Waals surface area contributed by atoms with Crippen LogP contribution in [0.5, 0.6) is 5.75 Å². The Labute approximate surface area is 147 Å². The number of ether oxygens (including phenoxy) is 1. The molecule has 0 unspecified atom stereocenters. The molecule has 0 bridgehead atoms. The number of hydrogen-bond acceptors (Lipinski definition) is 5. The maximum atomic E-state index is 12.5. The van der Waals surface area contributed by atoms with E-state index in [1.54, 1.807) is 21.8 Å². The number of hydrogen-bond donors (Lipinski definition) is 0. The third-order valence-corrected chi connectivity index (χ3v) is 7.36. The van der Waals surface area contributed by atoms with E-state index in [0.29, 0.717) is 23.9 Å². The maximum absolute atomic E-state index is 12.5. The van der Waals surface area contributed by atoms with E-state index in [0.717, 1.165) is 25.4 Å². The lowest BCUT2D eigenvalue weighted by Crippen LogP contribution is -2.49. The smallest absolute Gasteiger partial charge is 0.252 e. The number of benzene rings is 1. The van der Waals surface area contributed by atoms with E-state index in [1.807, 2.05) is 31.2 Å². The van der Waals surface area contributed by atoms with E-state index >= 15 is 0 Å². The second-order valence-corrected chi connectivity index (χ2v) is 8.96. The van der Waals surface area contributed by atoms with E-state index in [4.69, 9.17) is 4.74 Å². The summed E-state index contributed by atoms with van der Waals surface area (Å²) >= 11 is 1.27. The Morgan fingerprint density at radius 1 is 1.12 bits per heavy atom. The highest BCUT2D eigenvalue weighted by molar-refractivity contribution is 7.91. The van der Waals surface area contributed by atoms with Crippen molar-refractivity contribution in [3.63, 3.8) is 0 Å². The first-order valence-corrected chi connectivity index (χ1v) is 10.3. The van der Waals surface area contributed by atoms with Gasteiger partial charge >= 0.3 is 0 Å². The van der Waals surface area contributed by atoms with Crippen molar-refractivity contribution in [3.05, 3.63) is 47.3 Å². The molecule has 1 aliphatic rings. The average molecular weight is 367 g/mol. The van der Waals surface area contributed by atoms with Gasteiger partial charge in [-0.2, -0.15) is 4.31 Å². The highest BCUT2D eigenvalue weighted by atomic mass is 32.2. The topological polar surface area (TPSA) is 49.9 Å². The van der Waals surface area contributed by atoms with Gasteiger partial charge in [0.15, 0.2) is 0 Å². The molecule has 24 heavy (non-hydrogen) atoms. The van der Waals surface area contributed by atoms with Crippen LogP contribution in [0.4, 0.5) is 0 Å². The molecule has 0 spiro atoms. The summed E-state index contributed by atoms with van der Waals surface area (Å²) in [6.45, 7) is 6.00. The normalized spacial score (nSPS) is 17.0. The second kappa shape index (κ2) is 7.65. The molecule has 0 amide bonds. The van der Waals surface area contributed by atoms with Gasteiger partial charge in [0.25, 0.3) is 10.0 Å². The quantitative estimate of drug-likeness (QED) is 0.788. The van der Waals surface area contributed by atoms with E-state index in [9.17, 15) is 8.42 Å². The summed E-state index contributed by atoms with van der Waals surface area (Å²) in [6.07, 6.45) is 0. The Morgan fingerprint density at radius 3 is 2.58 bits per heavy atom. The molecule has 1 aromatic carbocycles. The fourth-order valence-corrected chi connectivity index (χ4v) is 5.30. The molecular weight excluding hydrogens is 344 g/mol. The van der Waals surface area contributed by atoms with Gasteiger partial charge in [-0.25, -0.2) is 8.42 Å². The lowest BCUT2D eigenvalue weighted by molar-refractivity contribution is 0.159. The minimum atomic E-state index is -3.32. The van der Waals surface area contributed by atoms with E-state index < -0.39 is 10.0 Å². The molecule has 1 fully saturated rings. The molecule has 0 atom stereocenters. The van der Waals surface area contributed by atoms with Crippen molar-refractivity contribution in [2.75, 3.05) is 39.3 Å². The van der Waals surface area contributed by atoms with Crippen molar-refractivity contribution in [2.24, 2.45) is 0 Å². The number of nitrogens with zero attached hydrogens (tertiary/aromatic N) is 2. The van der Waals surface area contributed by atoms with Crippen LogP contribution in [0.15, 0.2) is 46.0 Å². The van der Waals surface area contributed by atoms with Crippen molar-refractivity contribution in [1.29, 1.82) is 0 Å². The van der Waals surface area contributed by atoms with Crippen LogP contribution in [-0.2, 0) is 10.0 Å². The number of rotatable bonds is 6.